The van der Waals surface area contributed by atoms with E-state index in [9.17, 15) is 4.79 Å². The lowest BCUT2D eigenvalue weighted by Gasteiger charge is -2.25. The smallest absolute Gasteiger partial charge is 0.259 e. The molecule has 1 aromatic carbocycles. The molecule has 1 atom stereocenters. The molecule has 2 aromatic rings. The summed E-state index contributed by atoms with van der Waals surface area (Å²) < 4.78 is 5.53. The van der Waals surface area contributed by atoms with Gasteiger partial charge < -0.3 is 9.64 Å². The van der Waals surface area contributed by atoms with E-state index in [1.54, 1.807) is 12.3 Å². The molecule has 0 bridgehead atoms. The molecule has 0 spiro atoms. The molecule has 4 nitrogen and oxygen atoms in total. The van der Waals surface area contributed by atoms with Gasteiger partial charge in [0.15, 0.2) is 0 Å². The van der Waals surface area contributed by atoms with Crippen molar-refractivity contribution in [1.29, 1.82) is 0 Å². The second kappa shape index (κ2) is 7.95. The number of carbonyl (C=O) groups is 1. The Bertz CT molecular complexity index is 672. The predicted molar refractivity (Wildman–Crippen MR) is 94.3 cm³/mol. The zero-order valence-corrected chi connectivity index (χ0v) is 14.1. The van der Waals surface area contributed by atoms with Crippen LogP contribution in [0.1, 0.15) is 48.0 Å². The van der Waals surface area contributed by atoms with Gasteiger partial charge >= 0.3 is 0 Å². The third kappa shape index (κ3) is 3.75. The number of carbonyl (C=O) groups excluding carboxylic acids is 1. The van der Waals surface area contributed by atoms with E-state index in [1.807, 2.05) is 24.0 Å². The van der Waals surface area contributed by atoms with Crippen LogP contribution in [-0.4, -0.2) is 35.5 Å². The van der Waals surface area contributed by atoms with Gasteiger partial charge in [-0.05, 0) is 37.5 Å². The highest BCUT2D eigenvalue weighted by Gasteiger charge is 2.26. The van der Waals surface area contributed by atoms with Gasteiger partial charge in [0.05, 0.1) is 6.61 Å². The van der Waals surface area contributed by atoms with Crippen molar-refractivity contribution in [2.45, 2.75) is 32.1 Å². The van der Waals surface area contributed by atoms with E-state index < -0.39 is 0 Å². The molecule has 2 heterocycles. The van der Waals surface area contributed by atoms with Crippen molar-refractivity contribution < 1.29 is 9.53 Å². The minimum Gasteiger partial charge on any atom is -0.477 e. The summed E-state index contributed by atoms with van der Waals surface area (Å²) in [6, 6.07) is 14.1. The Kier molecular flexibility index (Phi) is 5.47. The third-order valence-electron chi connectivity index (χ3n) is 4.51. The highest BCUT2D eigenvalue weighted by atomic mass is 16.5. The maximum Gasteiger partial charge on any atom is 0.259 e. The van der Waals surface area contributed by atoms with Crippen LogP contribution in [0.5, 0.6) is 5.88 Å². The van der Waals surface area contributed by atoms with Crippen molar-refractivity contribution in [2.75, 3.05) is 19.7 Å². The lowest BCUT2D eigenvalue weighted by atomic mass is 9.94. The molecular formula is C20H24N2O2. The SMILES string of the molecule is CCOc1ncccc1C(=O)N1CCCCC(c2ccccc2)C1. The molecule has 1 aromatic heterocycles. The first kappa shape index (κ1) is 16.5. The number of hydrogen-bond donors (Lipinski definition) is 0. The van der Waals surface area contributed by atoms with Crippen molar-refractivity contribution in [3.63, 3.8) is 0 Å². The Hall–Kier alpha value is -2.36. The Morgan fingerprint density at radius 1 is 1.21 bits per heavy atom. The number of amides is 1. The summed E-state index contributed by atoms with van der Waals surface area (Å²) in [4.78, 5) is 19.2. The minimum absolute atomic E-state index is 0.0226. The van der Waals surface area contributed by atoms with Gasteiger partial charge in [-0.25, -0.2) is 4.98 Å². The van der Waals surface area contributed by atoms with Crippen LogP contribution in [0, 0.1) is 0 Å². The molecule has 0 N–H and O–H groups in total. The summed E-state index contributed by atoms with van der Waals surface area (Å²) >= 11 is 0. The van der Waals surface area contributed by atoms with E-state index in [-0.39, 0.29) is 5.91 Å². The lowest BCUT2D eigenvalue weighted by Crippen LogP contribution is -2.34. The van der Waals surface area contributed by atoms with E-state index in [0.29, 0.717) is 24.0 Å². The molecule has 1 fully saturated rings. The van der Waals surface area contributed by atoms with E-state index in [4.69, 9.17) is 4.74 Å². The van der Waals surface area contributed by atoms with Gasteiger partial charge in [0.2, 0.25) is 5.88 Å². The summed E-state index contributed by atoms with van der Waals surface area (Å²) in [6.07, 6.45) is 4.98. The van der Waals surface area contributed by atoms with Crippen LogP contribution in [0.25, 0.3) is 0 Å². The Balaban J connectivity index is 1.81. The Labute approximate surface area is 143 Å². The minimum atomic E-state index is 0.0226. The number of benzene rings is 1. The first-order valence-corrected chi connectivity index (χ1v) is 8.71. The van der Waals surface area contributed by atoms with Crippen LogP contribution in [0.15, 0.2) is 48.7 Å². The zero-order valence-electron chi connectivity index (χ0n) is 14.1. The topological polar surface area (TPSA) is 42.4 Å². The second-order valence-corrected chi connectivity index (χ2v) is 6.14. The third-order valence-corrected chi connectivity index (χ3v) is 4.51. The molecule has 3 rings (SSSR count). The van der Waals surface area contributed by atoms with Crippen LogP contribution >= 0.6 is 0 Å². The maximum atomic E-state index is 13.0. The quantitative estimate of drug-likeness (QED) is 0.857. The Morgan fingerprint density at radius 3 is 2.83 bits per heavy atom. The summed E-state index contributed by atoms with van der Waals surface area (Å²) in [6.45, 7) is 3.95. The molecule has 0 aliphatic carbocycles. The summed E-state index contributed by atoms with van der Waals surface area (Å²) in [5.41, 5.74) is 1.88. The standard InChI is InChI=1S/C20H24N2O2/c1-2-24-19-18(12-8-13-21-19)20(23)22-14-7-6-11-17(15-22)16-9-4-3-5-10-16/h3-5,8-10,12-13,17H,2,6-7,11,14-15H2,1H3. The summed E-state index contributed by atoms with van der Waals surface area (Å²) in [5, 5.41) is 0. The zero-order chi connectivity index (χ0) is 16.8. The van der Waals surface area contributed by atoms with Gasteiger partial charge in [-0.15, -0.1) is 0 Å². The van der Waals surface area contributed by atoms with Gasteiger partial charge in [0.1, 0.15) is 5.56 Å². The van der Waals surface area contributed by atoms with Crippen LogP contribution in [0.4, 0.5) is 0 Å². The second-order valence-electron chi connectivity index (χ2n) is 6.14. The summed E-state index contributed by atoms with van der Waals surface area (Å²) in [5.74, 6) is 0.852. The average molecular weight is 324 g/mol. The van der Waals surface area contributed by atoms with Crippen LogP contribution < -0.4 is 4.74 Å². The van der Waals surface area contributed by atoms with E-state index in [1.165, 1.54) is 5.56 Å². The highest BCUT2D eigenvalue weighted by molar-refractivity contribution is 5.96. The molecule has 1 aliphatic rings. The molecular weight excluding hydrogens is 300 g/mol. The van der Waals surface area contributed by atoms with Crippen molar-refractivity contribution in [2.24, 2.45) is 0 Å². The normalized spacial score (nSPS) is 18.0. The van der Waals surface area contributed by atoms with Gasteiger partial charge in [-0.2, -0.15) is 0 Å². The van der Waals surface area contributed by atoms with Gasteiger partial charge in [-0.1, -0.05) is 36.8 Å². The average Bonchev–Trinajstić information content (AvgIpc) is 2.89. The summed E-state index contributed by atoms with van der Waals surface area (Å²) in [7, 11) is 0. The molecule has 1 unspecified atom stereocenters. The van der Waals surface area contributed by atoms with Crippen LogP contribution in [-0.2, 0) is 0 Å². The molecule has 1 saturated heterocycles. The van der Waals surface area contributed by atoms with Crippen LogP contribution in [0.3, 0.4) is 0 Å². The fourth-order valence-electron chi connectivity index (χ4n) is 3.30. The molecule has 1 aliphatic heterocycles. The van der Waals surface area contributed by atoms with Gasteiger partial charge in [0.25, 0.3) is 5.91 Å². The molecule has 0 radical (unpaired) electrons. The van der Waals surface area contributed by atoms with Crippen molar-refractivity contribution in [1.82, 2.24) is 9.88 Å². The first-order chi connectivity index (χ1) is 11.8. The fourth-order valence-corrected chi connectivity index (χ4v) is 3.30. The largest absolute Gasteiger partial charge is 0.477 e. The van der Waals surface area contributed by atoms with Gasteiger partial charge in [0, 0.05) is 25.2 Å². The van der Waals surface area contributed by atoms with E-state index >= 15 is 0 Å². The van der Waals surface area contributed by atoms with E-state index in [0.717, 1.165) is 32.4 Å². The van der Waals surface area contributed by atoms with Crippen LogP contribution in [0.2, 0.25) is 0 Å². The first-order valence-electron chi connectivity index (χ1n) is 8.71. The molecule has 126 valence electrons. The number of likely N-dealkylation sites (tertiary alicyclic amines) is 1. The van der Waals surface area contributed by atoms with Crippen molar-refractivity contribution in [3.8, 4) is 5.88 Å². The number of aromatic nitrogens is 1. The lowest BCUT2D eigenvalue weighted by molar-refractivity contribution is 0.0749. The predicted octanol–water partition coefficient (Wildman–Crippen LogP) is 3.89. The van der Waals surface area contributed by atoms with Crippen molar-refractivity contribution >= 4 is 5.91 Å². The molecule has 4 heteroatoms. The number of nitrogens with zero attached hydrogens (tertiary/aromatic N) is 2. The number of rotatable bonds is 4. The Morgan fingerprint density at radius 2 is 2.04 bits per heavy atom. The van der Waals surface area contributed by atoms with Gasteiger partial charge in [-0.3, -0.25) is 4.79 Å². The molecule has 24 heavy (non-hydrogen) atoms. The van der Waals surface area contributed by atoms with Crippen molar-refractivity contribution in [3.05, 3.63) is 59.8 Å². The van der Waals surface area contributed by atoms with E-state index in [2.05, 4.69) is 29.2 Å². The fraction of sp³-hybridized carbons (Fsp3) is 0.400. The maximum absolute atomic E-state index is 13.0. The number of ether oxygens (including phenoxy) is 1. The number of hydrogen-bond acceptors (Lipinski definition) is 3. The molecule has 1 amide bonds. The molecule has 0 saturated carbocycles. The number of pyridine rings is 1. The monoisotopic (exact) mass is 324 g/mol. The highest BCUT2D eigenvalue weighted by Crippen LogP contribution is 2.28.